The van der Waals surface area contributed by atoms with Crippen LogP contribution >= 0.6 is 0 Å². The highest BCUT2D eigenvalue weighted by atomic mass is 16.5. The first-order chi connectivity index (χ1) is 13.9. The van der Waals surface area contributed by atoms with Gasteiger partial charge in [0.25, 0.3) is 0 Å². The van der Waals surface area contributed by atoms with E-state index >= 15 is 0 Å². The van der Waals surface area contributed by atoms with Crippen LogP contribution in [0, 0.1) is 0 Å². The number of methoxy groups -OCH3 is 1. The molecule has 0 saturated heterocycles. The van der Waals surface area contributed by atoms with Crippen LogP contribution in [0.4, 0.5) is 0 Å². The molecule has 0 radical (unpaired) electrons. The van der Waals surface area contributed by atoms with Crippen molar-refractivity contribution in [3.63, 3.8) is 0 Å². The van der Waals surface area contributed by atoms with Crippen molar-refractivity contribution in [1.29, 1.82) is 0 Å². The van der Waals surface area contributed by atoms with Crippen molar-refractivity contribution in [1.82, 2.24) is 10.2 Å². The number of fused-ring (bicyclic) bond motifs is 1. The standard InChI is InChI=1S/C24H32N2O3/c1-16(2)29-23-11-10-21-15-26(13-12-22(21)24(23)28-5)14-19-6-8-20(9-7-19)17(3)25-18(4)27/h6-11,16-17H,12-15H2,1-5H3,(H,25,27)/t17-/m0/s1. The summed E-state index contributed by atoms with van der Waals surface area (Å²) in [6, 6.07) is 12.7. The first kappa shape index (κ1) is 21.2. The normalized spacial score (nSPS) is 15.0. The monoisotopic (exact) mass is 396 g/mol. The second-order valence-corrected chi connectivity index (χ2v) is 8.03. The SMILES string of the molecule is COc1c(OC(C)C)ccc2c1CCN(Cc1ccc([C@H](C)NC(C)=O)cc1)C2. The van der Waals surface area contributed by atoms with Crippen molar-refractivity contribution >= 4 is 5.91 Å². The highest BCUT2D eigenvalue weighted by molar-refractivity contribution is 5.73. The van der Waals surface area contributed by atoms with Gasteiger partial charge in [-0.2, -0.15) is 0 Å². The molecule has 2 aromatic carbocycles. The fraction of sp³-hybridized carbons (Fsp3) is 0.458. The van der Waals surface area contributed by atoms with Gasteiger partial charge in [-0.25, -0.2) is 0 Å². The smallest absolute Gasteiger partial charge is 0.217 e. The minimum atomic E-state index is -0.00839. The van der Waals surface area contributed by atoms with Crippen LogP contribution in [0.3, 0.4) is 0 Å². The van der Waals surface area contributed by atoms with E-state index in [1.165, 1.54) is 16.7 Å². The summed E-state index contributed by atoms with van der Waals surface area (Å²) < 4.78 is 11.6. The summed E-state index contributed by atoms with van der Waals surface area (Å²) in [5, 5.41) is 2.93. The summed E-state index contributed by atoms with van der Waals surface area (Å²) in [4.78, 5) is 13.7. The number of carbonyl (C=O) groups excluding carboxylic acids is 1. The Morgan fingerprint density at radius 3 is 2.48 bits per heavy atom. The molecule has 0 saturated carbocycles. The van der Waals surface area contributed by atoms with E-state index < -0.39 is 0 Å². The Kier molecular flexibility index (Phi) is 6.80. The Morgan fingerprint density at radius 1 is 1.14 bits per heavy atom. The van der Waals surface area contributed by atoms with Crippen molar-refractivity contribution < 1.29 is 14.3 Å². The van der Waals surface area contributed by atoms with Crippen LogP contribution in [0.25, 0.3) is 0 Å². The van der Waals surface area contributed by atoms with E-state index in [0.717, 1.165) is 43.1 Å². The third-order valence-electron chi connectivity index (χ3n) is 5.27. The van der Waals surface area contributed by atoms with Gasteiger partial charge in [0, 0.05) is 32.1 Å². The third kappa shape index (κ3) is 5.30. The highest BCUT2D eigenvalue weighted by Gasteiger charge is 2.22. The number of carbonyl (C=O) groups is 1. The Morgan fingerprint density at radius 2 is 1.86 bits per heavy atom. The highest BCUT2D eigenvalue weighted by Crippen LogP contribution is 2.37. The lowest BCUT2D eigenvalue weighted by Gasteiger charge is -2.30. The average molecular weight is 397 g/mol. The van der Waals surface area contributed by atoms with E-state index in [0.29, 0.717) is 0 Å². The van der Waals surface area contributed by atoms with E-state index in [2.05, 4.69) is 40.5 Å². The molecule has 1 heterocycles. The minimum absolute atomic E-state index is 0.00839. The lowest BCUT2D eigenvalue weighted by Crippen LogP contribution is -2.30. The number of nitrogens with one attached hydrogen (secondary N) is 1. The molecule has 0 aromatic heterocycles. The Labute approximate surface area is 174 Å². The zero-order valence-corrected chi connectivity index (χ0v) is 18.1. The summed E-state index contributed by atoms with van der Waals surface area (Å²) in [5.74, 6) is 1.71. The predicted octanol–water partition coefficient (Wildman–Crippen LogP) is 4.24. The van der Waals surface area contributed by atoms with E-state index in [1.807, 2.05) is 26.8 Å². The number of ether oxygens (including phenoxy) is 2. The molecule has 1 aliphatic heterocycles. The Bertz CT molecular complexity index is 846. The van der Waals surface area contributed by atoms with Crippen LogP contribution in [0.2, 0.25) is 0 Å². The van der Waals surface area contributed by atoms with Crippen molar-refractivity contribution in [2.45, 2.75) is 59.4 Å². The van der Waals surface area contributed by atoms with Crippen molar-refractivity contribution in [3.05, 3.63) is 58.7 Å². The summed E-state index contributed by atoms with van der Waals surface area (Å²) >= 11 is 0. The third-order valence-corrected chi connectivity index (χ3v) is 5.27. The van der Waals surface area contributed by atoms with Crippen molar-refractivity contribution in [3.8, 4) is 11.5 Å². The van der Waals surface area contributed by atoms with Crippen LogP contribution in [-0.2, 0) is 24.3 Å². The molecule has 0 unspecified atom stereocenters. The van der Waals surface area contributed by atoms with Crippen LogP contribution in [0.1, 0.15) is 56.0 Å². The first-order valence-electron chi connectivity index (χ1n) is 10.3. The second kappa shape index (κ2) is 9.31. The molecule has 1 atom stereocenters. The quantitative estimate of drug-likeness (QED) is 0.761. The fourth-order valence-corrected chi connectivity index (χ4v) is 3.92. The zero-order valence-electron chi connectivity index (χ0n) is 18.1. The topological polar surface area (TPSA) is 50.8 Å². The number of rotatable bonds is 7. The number of hydrogen-bond donors (Lipinski definition) is 1. The van der Waals surface area contributed by atoms with Gasteiger partial charge < -0.3 is 14.8 Å². The van der Waals surface area contributed by atoms with Gasteiger partial charge >= 0.3 is 0 Å². The Balaban J connectivity index is 1.68. The van der Waals surface area contributed by atoms with E-state index in [1.54, 1.807) is 14.0 Å². The number of nitrogens with zero attached hydrogens (tertiary/aromatic N) is 1. The van der Waals surface area contributed by atoms with Gasteiger partial charge in [-0.15, -0.1) is 0 Å². The molecular formula is C24H32N2O3. The molecule has 5 nitrogen and oxygen atoms in total. The van der Waals surface area contributed by atoms with Crippen molar-refractivity contribution in [2.75, 3.05) is 13.7 Å². The van der Waals surface area contributed by atoms with Crippen LogP contribution in [-0.4, -0.2) is 30.6 Å². The van der Waals surface area contributed by atoms with Crippen molar-refractivity contribution in [2.24, 2.45) is 0 Å². The van der Waals surface area contributed by atoms with Gasteiger partial charge in [0.15, 0.2) is 11.5 Å². The summed E-state index contributed by atoms with van der Waals surface area (Å²) in [5.41, 5.74) is 4.97. The summed E-state index contributed by atoms with van der Waals surface area (Å²) in [7, 11) is 1.72. The maximum atomic E-state index is 11.2. The molecule has 3 rings (SSSR count). The maximum absolute atomic E-state index is 11.2. The number of amides is 1. The lowest BCUT2D eigenvalue weighted by atomic mass is 9.97. The zero-order chi connectivity index (χ0) is 21.0. The summed E-state index contributed by atoms with van der Waals surface area (Å²) in [6.45, 7) is 10.4. The molecule has 1 aliphatic rings. The molecule has 2 aromatic rings. The van der Waals surface area contributed by atoms with Crippen LogP contribution in [0.5, 0.6) is 11.5 Å². The van der Waals surface area contributed by atoms with Crippen LogP contribution in [0.15, 0.2) is 36.4 Å². The number of hydrogen-bond acceptors (Lipinski definition) is 4. The predicted molar refractivity (Wildman–Crippen MR) is 115 cm³/mol. The molecule has 0 aliphatic carbocycles. The van der Waals surface area contributed by atoms with Gasteiger partial charge in [-0.05, 0) is 49.9 Å². The van der Waals surface area contributed by atoms with Gasteiger partial charge in [-0.1, -0.05) is 30.3 Å². The molecule has 5 heteroatoms. The van der Waals surface area contributed by atoms with E-state index in [4.69, 9.17) is 9.47 Å². The molecule has 1 amide bonds. The van der Waals surface area contributed by atoms with E-state index in [9.17, 15) is 4.79 Å². The molecule has 0 bridgehead atoms. The molecule has 1 N–H and O–H groups in total. The largest absolute Gasteiger partial charge is 0.493 e. The lowest BCUT2D eigenvalue weighted by molar-refractivity contribution is -0.119. The second-order valence-electron chi connectivity index (χ2n) is 8.03. The fourth-order valence-electron chi connectivity index (χ4n) is 3.92. The average Bonchev–Trinajstić information content (AvgIpc) is 2.67. The van der Waals surface area contributed by atoms with Gasteiger partial charge in [0.2, 0.25) is 5.91 Å². The van der Waals surface area contributed by atoms with Crippen LogP contribution < -0.4 is 14.8 Å². The summed E-state index contributed by atoms with van der Waals surface area (Å²) in [6.07, 6.45) is 1.07. The van der Waals surface area contributed by atoms with Gasteiger partial charge in [0.05, 0.1) is 19.3 Å². The molecule has 29 heavy (non-hydrogen) atoms. The van der Waals surface area contributed by atoms with Gasteiger partial charge in [0.1, 0.15) is 0 Å². The van der Waals surface area contributed by atoms with Gasteiger partial charge in [-0.3, -0.25) is 9.69 Å². The minimum Gasteiger partial charge on any atom is -0.493 e. The number of benzene rings is 2. The first-order valence-corrected chi connectivity index (χ1v) is 10.3. The molecule has 0 spiro atoms. The molecule has 0 fully saturated rings. The van der Waals surface area contributed by atoms with E-state index in [-0.39, 0.29) is 18.1 Å². The molecule has 156 valence electrons. The maximum Gasteiger partial charge on any atom is 0.217 e. The molecular weight excluding hydrogens is 364 g/mol. The Hall–Kier alpha value is -2.53.